The van der Waals surface area contributed by atoms with E-state index in [1.54, 1.807) is 0 Å². The molecule has 0 aromatic rings. The topological polar surface area (TPSA) is 78.4 Å². The van der Waals surface area contributed by atoms with Gasteiger partial charge in [0, 0.05) is 12.6 Å². The Labute approximate surface area is 127 Å². The zero-order valence-corrected chi connectivity index (χ0v) is 13.4. The van der Waals surface area contributed by atoms with Crippen LogP contribution in [0.15, 0.2) is 11.6 Å². The molecule has 0 saturated heterocycles. The Kier molecular flexibility index (Phi) is 6.72. The third kappa shape index (κ3) is 8.38. The number of carboxylic acid groups (broad SMARTS) is 1. The van der Waals surface area contributed by atoms with Gasteiger partial charge in [0.05, 0.1) is 6.42 Å². The van der Waals surface area contributed by atoms with Crippen LogP contribution in [0.1, 0.15) is 59.3 Å². The maximum Gasteiger partial charge on any atom is 0.315 e. The fraction of sp³-hybridized carbons (Fsp3) is 0.750. The number of hydrogen-bond donors (Lipinski definition) is 3. The Bertz CT molecular complexity index is 397. The summed E-state index contributed by atoms with van der Waals surface area (Å²) in [5.74, 6) is -0.888. The Morgan fingerprint density at radius 1 is 1.38 bits per heavy atom. The number of amides is 2. The van der Waals surface area contributed by atoms with E-state index in [0.29, 0.717) is 13.0 Å². The number of carbonyl (C=O) groups is 2. The summed E-state index contributed by atoms with van der Waals surface area (Å²) in [4.78, 5) is 22.7. The molecule has 1 rings (SSSR count). The summed E-state index contributed by atoms with van der Waals surface area (Å²) in [6.45, 7) is 6.71. The summed E-state index contributed by atoms with van der Waals surface area (Å²) in [7, 11) is 0. The second-order valence-electron chi connectivity index (χ2n) is 6.96. The summed E-state index contributed by atoms with van der Waals surface area (Å²) in [5, 5.41) is 14.5. The van der Waals surface area contributed by atoms with Crippen molar-refractivity contribution < 1.29 is 14.7 Å². The molecule has 0 spiro atoms. The first kappa shape index (κ1) is 17.5. The molecule has 1 aliphatic carbocycles. The van der Waals surface area contributed by atoms with Crippen LogP contribution in [0, 0.1) is 5.41 Å². The van der Waals surface area contributed by atoms with Crippen molar-refractivity contribution in [2.45, 2.75) is 65.3 Å². The highest BCUT2D eigenvalue weighted by molar-refractivity contribution is 5.75. The molecule has 120 valence electrons. The second-order valence-corrected chi connectivity index (χ2v) is 6.96. The minimum absolute atomic E-state index is 0.0257. The molecule has 0 fully saturated rings. The van der Waals surface area contributed by atoms with Crippen LogP contribution in [-0.2, 0) is 4.79 Å². The normalized spacial score (nSPS) is 16.2. The summed E-state index contributed by atoms with van der Waals surface area (Å²) in [5.41, 5.74) is 1.38. The SMILES string of the molecule is CC(C)(C)CC(CC(=O)O)NC(=O)NCCC1=CCCC1. The highest BCUT2D eigenvalue weighted by Crippen LogP contribution is 2.22. The molecule has 0 aromatic heterocycles. The molecule has 2 amide bonds. The number of carboxylic acids is 1. The molecule has 0 radical (unpaired) electrons. The summed E-state index contributed by atoms with van der Waals surface area (Å²) >= 11 is 0. The van der Waals surface area contributed by atoms with Gasteiger partial charge in [0.15, 0.2) is 0 Å². The molecule has 1 aliphatic rings. The smallest absolute Gasteiger partial charge is 0.315 e. The monoisotopic (exact) mass is 296 g/mol. The fourth-order valence-electron chi connectivity index (χ4n) is 2.66. The van der Waals surface area contributed by atoms with E-state index >= 15 is 0 Å². The average Bonchev–Trinajstić information content (AvgIpc) is 2.78. The first-order valence-corrected chi connectivity index (χ1v) is 7.70. The van der Waals surface area contributed by atoms with Gasteiger partial charge in [-0.2, -0.15) is 0 Å². The Balaban J connectivity index is 2.34. The van der Waals surface area contributed by atoms with Gasteiger partial charge in [-0.25, -0.2) is 4.79 Å². The minimum Gasteiger partial charge on any atom is -0.481 e. The van der Waals surface area contributed by atoms with Crippen molar-refractivity contribution in [1.29, 1.82) is 0 Å². The first-order chi connectivity index (χ1) is 9.76. The number of rotatable bonds is 7. The maximum absolute atomic E-state index is 11.9. The molecule has 0 bridgehead atoms. The summed E-state index contributed by atoms with van der Waals surface area (Å²) in [6.07, 6.45) is 7.22. The van der Waals surface area contributed by atoms with E-state index in [0.717, 1.165) is 19.3 Å². The maximum atomic E-state index is 11.9. The molecular weight excluding hydrogens is 268 g/mol. The van der Waals surface area contributed by atoms with Crippen molar-refractivity contribution in [3.63, 3.8) is 0 Å². The van der Waals surface area contributed by atoms with Crippen LogP contribution < -0.4 is 10.6 Å². The van der Waals surface area contributed by atoms with Crippen LogP contribution in [0.4, 0.5) is 4.79 Å². The molecule has 0 aromatic carbocycles. The fourth-order valence-corrected chi connectivity index (χ4v) is 2.66. The predicted octanol–water partition coefficient (Wildman–Crippen LogP) is 3.07. The van der Waals surface area contributed by atoms with E-state index in [1.165, 1.54) is 12.0 Å². The van der Waals surface area contributed by atoms with Crippen molar-refractivity contribution in [2.75, 3.05) is 6.54 Å². The first-order valence-electron chi connectivity index (χ1n) is 7.70. The second kappa shape index (κ2) is 8.05. The molecule has 5 nitrogen and oxygen atoms in total. The highest BCUT2D eigenvalue weighted by Gasteiger charge is 2.22. The van der Waals surface area contributed by atoms with E-state index in [1.807, 2.05) is 20.8 Å². The Hall–Kier alpha value is -1.52. The van der Waals surface area contributed by atoms with E-state index in [4.69, 9.17) is 5.11 Å². The number of urea groups is 1. The molecule has 0 saturated carbocycles. The molecule has 1 atom stereocenters. The van der Waals surface area contributed by atoms with Crippen LogP contribution in [0.5, 0.6) is 0 Å². The number of carbonyl (C=O) groups excluding carboxylic acids is 1. The van der Waals surface area contributed by atoms with Gasteiger partial charge in [-0.1, -0.05) is 32.4 Å². The Morgan fingerprint density at radius 3 is 2.62 bits per heavy atom. The number of nitrogens with one attached hydrogen (secondary N) is 2. The predicted molar refractivity (Wildman–Crippen MR) is 83.2 cm³/mol. The Morgan fingerprint density at radius 2 is 2.10 bits per heavy atom. The molecule has 21 heavy (non-hydrogen) atoms. The van der Waals surface area contributed by atoms with Crippen molar-refractivity contribution >= 4 is 12.0 Å². The van der Waals surface area contributed by atoms with Gasteiger partial charge in [0.1, 0.15) is 0 Å². The van der Waals surface area contributed by atoms with Crippen LogP contribution in [0.2, 0.25) is 0 Å². The quantitative estimate of drug-likeness (QED) is 0.632. The van der Waals surface area contributed by atoms with Crippen LogP contribution in [0.3, 0.4) is 0 Å². The van der Waals surface area contributed by atoms with Crippen LogP contribution in [-0.4, -0.2) is 29.7 Å². The largest absolute Gasteiger partial charge is 0.481 e. The van der Waals surface area contributed by atoms with Crippen molar-refractivity contribution in [1.82, 2.24) is 10.6 Å². The van der Waals surface area contributed by atoms with Gasteiger partial charge in [-0.15, -0.1) is 0 Å². The zero-order valence-electron chi connectivity index (χ0n) is 13.4. The molecule has 1 unspecified atom stereocenters. The molecule has 0 aliphatic heterocycles. The van der Waals surface area contributed by atoms with Crippen molar-refractivity contribution in [3.05, 3.63) is 11.6 Å². The lowest BCUT2D eigenvalue weighted by molar-refractivity contribution is -0.137. The van der Waals surface area contributed by atoms with Gasteiger partial charge in [-0.05, 0) is 37.5 Å². The van der Waals surface area contributed by atoms with Crippen molar-refractivity contribution in [3.8, 4) is 0 Å². The third-order valence-corrected chi connectivity index (χ3v) is 3.48. The lowest BCUT2D eigenvalue weighted by atomic mass is 9.87. The van der Waals surface area contributed by atoms with Gasteiger partial charge in [0.2, 0.25) is 0 Å². The number of aliphatic carboxylic acids is 1. The van der Waals surface area contributed by atoms with Gasteiger partial charge in [-0.3, -0.25) is 4.79 Å². The lowest BCUT2D eigenvalue weighted by Gasteiger charge is -2.25. The lowest BCUT2D eigenvalue weighted by Crippen LogP contribution is -2.44. The van der Waals surface area contributed by atoms with Crippen LogP contribution in [0.25, 0.3) is 0 Å². The number of allylic oxidation sites excluding steroid dienone is 1. The minimum atomic E-state index is -0.888. The summed E-state index contributed by atoms with van der Waals surface area (Å²) in [6, 6.07) is -0.614. The van der Waals surface area contributed by atoms with Crippen molar-refractivity contribution in [2.24, 2.45) is 5.41 Å². The van der Waals surface area contributed by atoms with Crippen LogP contribution >= 0.6 is 0 Å². The third-order valence-electron chi connectivity index (χ3n) is 3.48. The van der Waals surface area contributed by atoms with E-state index < -0.39 is 5.97 Å². The molecular formula is C16H28N2O3. The van der Waals surface area contributed by atoms with Gasteiger partial charge in [0.25, 0.3) is 0 Å². The standard InChI is InChI=1S/C16H28N2O3/c1-16(2,3)11-13(10-14(19)20)18-15(21)17-9-8-12-6-4-5-7-12/h6,13H,4-5,7-11H2,1-3H3,(H,19,20)(H2,17,18,21). The molecule has 0 heterocycles. The summed E-state index contributed by atoms with van der Waals surface area (Å²) < 4.78 is 0. The van der Waals surface area contributed by atoms with Gasteiger partial charge >= 0.3 is 12.0 Å². The zero-order chi connectivity index (χ0) is 15.9. The highest BCUT2D eigenvalue weighted by atomic mass is 16.4. The van der Waals surface area contributed by atoms with E-state index in [-0.39, 0.29) is 23.9 Å². The molecule has 5 heteroatoms. The number of hydrogen-bond acceptors (Lipinski definition) is 2. The van der Waals surface area contributed by atoms with Gasteiger partial charge < -0.3 is 15.7 Å². The average molecular weight is 296 g/mol. The molecule has 3 N–H and O–H groups in total. The van der Waals surface area contributed by atoms with E-state index in [9.17, 15) is 9.59 Å². The van der Waals surface area contributed by atoms with E-state index in [2.05, 4.69) is 16.7 Å².